The number of carboxylic acid groups (broad SMARTS) is 1. The van der Waals surface area contributed by atoms with Crippen molar-refractivity contribution in [3.63, 3.8) is 0 Å². The van der Waals surface area contributed by atoms with E-state index in [0.717, 1.165) is 18.4 Å². The van der Waals surface area contributed by atoms with E-state index in [9.17, 15) is 9.59 Å². The second kappa shape index (κ2) is 6.73. The first kappa shape index (κ1) is 15.4. The molecule has 1 unspecified atom stereocenters. The molecule has 1 aromatic carbocycles. The number of nitrogens with zero attached hydrogens (tertiary/aromatic N) is 3. The van der Waals surface area contributed by atoms with Gasteiger partial charge in [0, 0.05) is 19.5 Å². The van der Waals surface area contributed by atoms with Crippen molar-refractivity contribution in [3.05, 3.63) is 36.2 Å². The van der Waals surface area contributed by atoms with Gasteiger partial charge in [0.1, 0.15) is 5.69 Å². The number of fused-ring (bicyclic) bond motifs is 1. The number of likely N-dealkylation sites (tertiary alicyclic amines) is 1. The van der Waals surface area contributed by atoms with Crippen LogP contribution in [0.15, 0.2) is 30.5 Å². The zero-order valence-electron chi connectivity index (χ0n) is 12.8. The molecule has 2 aromatic rings. The van der Waals surface area contributed by atoms with Crippen LogP contribution in [0, 0.1) is 5.92 Å². The highest BCUT2D eigenvalue weighted by Crippen LogP contribution is 2.22. The number of carboxylic acids is 1. The summed E-state index contributed by atoms with van der Waals surface area (Å²) < 4.78 is 0. The van der Waals surface area contributed by atoms with Gasteiger partial charge in [-0.05, 0) is 37.3 Å². The number of aliphatic carboxylic acids is 1. The van der Waals surface area contributed by atoms with Gasteiger partial charge >= 0.3 is 5.97 Å². The lowest BCUT2D eigenvalue weighted by Gasteiger charge is -2.32. The minimum Gasteiger partial charge on any atom is -0.481 e. The number of carbonyl (C=O) groups excluding carboxylic acids is 1. The van der Waals surface area contributed by atoms with Crippen LogP contribution in [0.5, 0.6) is 0 Å². The second-order valence-corrected chi connectivity index (χ2v) is 5.94. The summed E-state index contributed by atoms with van der Waals surface area (Å²) in [6, 6.07) is 7.45. The van der Waals surface area contributed by atoms with Crippen LogP contribution in [0.2, 0.25) is 0 Å². The Balaban J connectivity index is 1.71. The summed E-state index contributed by atoms with van der Waals surface area (Å²) in [4.78, 5) is 33.8. The second-order valence-electron chi connectivity index (χ2n) is 5.94. The van der Waals surface area contributed by atoms with Gasteiger partial charge in [0.15, 0.2) is 0 Å². The van der Waals surface area contributed by atoms with Crippen molar-refractivity contribution in [2.75, 3.05) is 13.1 Å². The first-order valence-corrected chi connectivity index (χ1v) is 7.86. The maximum absolute atomic E-state index is 12.6. The van der Waals surface area contributed by atoms with E-state index in [-0.39, 0.29) is 18.2 Å². The van der Waals surface area contributed by atoms with E-state index in [2.05, 4.69) is 9.97 Å². The van der Waals surface area contributed by atoms with E-state index in [1.54, 1.807) is 4.90 Å². The summed E-state index contributed by atoms with van der Waals surface area (Å²) in [5, 5.41) is 8.80. The van der Waals surface area contributed by atoms with Gasteiger partial charge in [-0.25, -0.2) is 4.98 Å². The van der Waals surface area contributed by atoms with Gasteiger partial charge in [-0.3, -0.25) is 14.6 Å². The molecule has 3 rings (SSSR count). The highest BCUT2D eigenvalue weighted by Gasteiger charge is 2.25. The monoisotopic (exact) mass is 313 g/mol. The quantitative estimate of drug-likeness (QED) is 0.936. The topological polar surface area (TPSA) is 83.4 Å². The molecule has 1 N–H and O–H groups in total. The number of rotatable bonds is 4. The molecule has 1 atom stereocenters. The Hall–Kier alpha value is -2.50. The maximum Gasteiger partial charge on any atom is 0.303 e. The molecule has 23 heavy (non-hydrogen) atoms. The zero-order chi connectivity index (χ0) is 16.2. The van der Waals surface area contributed by atoms with Crippen LogP contribution in [0.4, 0.5) is 0 Å². The lowest BCUT2D eigenvalue weighted by atomic mass is 9.93. The first-order chi connectivity index (χ1) is 11.1. The highest BCUT2D eigenvalue weighted by atomic mass is 16.4. The van der Waals surface area contributed by atoms with E-state index in [1.807, 2.05) is 24.3 Å². The van der Waals surface area contributed by atoms with Gasteiger partial charge in [0.2, 0.25) is 0 Å². The van der Waals surface area contributed by atoms with E-state index in [4.69, 9.17) is 5.11 Å². The van der Waals surface area contributed by atoms with Crippen molar-refractivity contribution in [1.82, 2.24) is 14.9 Å². The van der Waals surface area contributed by atoms with Crippen molar-refractivity contribution in [3.8, 4) is 0 Å². The Morgan fingerprint density at radius 2 is 2.04 bits per heavy atom. The molecule has 0 aliphatic carbocycles. The van der Waals surface area contributed by atoms with Gasteiger partial charge in [-0.15, -0.1) is 0 Å². The van der Waals surface area contributed by atoms with E-state index in [0.29, 0.717) is 30.7 Å². The number of carbonyl (C=O) groups is 2. The molecule has 1 aliphatic rings. The normalized spacial score (nSPS) is 18.1. The molecule has 1 aromatic heterocycles. The number of hydrogen-bond donors (Lipinski definition) is 1. The smallest absolute Gasteiger partial charge is 0.303 e. The van der Waals surface area contributed by atoms with E-state index < -0.39 is 5.97 Å². The SMILES string of the molecule is O=C(O)CCC1CCCN(C(=O)c2cnc3ccccc3n2)C1. The van der Waals surface area contributed by atoms with Crippen LogP contribution in [-0.2, 0) is 4.79 Å². The van der Waals surface area contributed by atoms with Crippen molar-refractivity contribution in [2.45, 2.75) is 25.7 Å². The molecular weight excluding hydrogens is 294 g/mol. The average Bonchev–Trinajstić information content (AvgIpc) is 2.59. The van der Waals surface area contributed by atoms with Crippen molar-refractivity contribution >= 4 is 22.9 Å². The molecule has 1 saturated heterocycles. The standard InChI is InChI=1S/C17H19N3O3/c21-16(22)8-7-12-4-3-9-20(11-12)17(23)15-10-18-13-5-1-2-6-14(13)19-15/h1-2,5-6,10,12H,3-4,7-9,11H2,(H,21,22). The molecule has 0 bridgehead atoms. The third-order valence-corrected chi connectivity index (χ3v) is 4.24. The van der Waals surface area contributed by atoms with Gasteiger partial charge < -0.3 is 10.0 Å². The summed E-state index contributed by atoms with van der Waals surface area (Å²) >= 11 is 0. The first-order valence-electron chi connectivity index (χ1n) is 7.86. The molecular formula is C17H19N3O3. The molecule has 6 nitrogen and oxygen atoms in total. The van der Waals surface area contributed by atoms with Gasteiger partial charge in [0.05, 0.1) is 17.2 Å². The Morgan fingerprint density at radius 1 is 1.26 bits per heavy atom. The zero-order valence-corrected chi connectivity index (χ0v) is 12.8. The lowest BCUT2D eigenvalue weighted by Crippen LogP contribution is -2.40. The Labute approximate surface area is 134 Å². The van der Waals surface area contributed by atoms with Crippen LogP contribution < -0.4 is 0 Å². The Morgan fingerprint density at radius 3 is 2.83 bits per heavy atom. The van der Waals surface area contributed by atoms with E-state index >= 15 is 0 Å². The summed E-state index contributed by atoms with van der Waals surface area (Å²) in [5.74, 6) is -0.658. The van der Waals surface area contributed by atoms with Gasteiger partial charge in [0.25, 0.3) is 5.91 Å². The van der Waals surface area contributed by atoms with Crippen LogP contribution >= 0.6 is 0 Å². The molecule has 1 aliphatic heterocycles. The number of benzene rings is 1. The third kappa shape index (κ3) is 3.64. The molecule has 0 spiro atoms. The molecule has 0 saturated carbocycles. The molecule has 2 heterocycles. The fourth-order valence-corrected chi connectivity index (χ4v) is 3.03. The number of hydrogen-bond acceptors (Lipinski definition) is 4. The summed E-state index contributed by atoms with van der Waals surface area (Å²) in [6.07, 6.45) is 4.16. The van der Waals surface area contributed by atoms with Crippen molar-refractivity contribution in [1.29, 1.82) is 0 Å². The molecule has 120 valence electrons. The van der Waals surface area contributed by atoms with Gasteiger partial charge in [-0.1, -0.05) is 12.1 Å². The fraction of sp³-hybridized carbons (Fsp3) is 0.412. The predicted molar refractivity (Wildman–Crippen MR) is 85.0 cm³/mol. The third-order valence-electron chi connectivity index (χ3n) is 4.24. The van der Waals surface area contributed by atoms with Crippen LogP contribution in [0.1, 0.15) is 36.2 Å². The fourth-order valence-electron chi connectivity index (χ4n) is 3.03. The number of aromatic nitrogens is 2. The minimum atomic E-state index is -0.783. The molecule has 6 heteroatoms. The molecule has 0 radical (unpaired) electrons. The summed E-state index contributed by atoms with van der Waals surface area (Å²) in [5.41, 5.74) is 1.82. The van der Waals surface area contributed by atoms with Crippen LogP contribution in [0.3, 0.4) is 0 Å². The number of piperidine rings is 1. The lowest BCUT2D eigenvalue weighted by molar-refractivity contribution is -0.137. The predicted octanol–water partition coefficient (Wildman–Crippen LogP) is 2.35. The Bertz CT molecular complexity index is 732. The van der Waals surface area contributed by atoms with Crippen LogP contribution in [0.25, 0.3) is 11.0 Å². The van der Waals surface area contributed by atoms with Gasteiger partial charge in [-0.2, -0.15) is 0 Å². The maximum atomic E-state index is 12.6. The van der Waals surface area contributed by atoms with Crippen LogP contribution in [-0.4, -0.2) is 44.9 Å². The molecule has 1 amide bonds. The average molecular weight is 313 g/mol. The largest absolute Gasteiger partial charge is 0.481 e. The van der Waals surface area contributed by atoms with Crippen molar-refractivity contribution in [2.24, 2.45) is 5.92 Å². The van der Waals surface area contributed by atoms with Crippen molar-refractivity contribution < 1.29 is 14.7 Å². The highest BCUT2D eigenvalue weighted by molar-refractivity contribution is 5.93. The summed E-state index contributed by atoms with van der Waals surface area (Å²) in [6.45, 7) is 1.29. The number of amides is 1. The summed E-state index contributed by atoms with van der Waals surface area (Å²) in [7, 11) is 0. The minimum absolute atomic E-state index is 0.122. The number of para-hydroxylation sites is 2. The Kier molecular flexibility index (Phi) is 4.50. The molecule has 1 fully saturated rings. The van der Waals surface area contributed by atoms with E-state index in [1.165, 1.54) is 6.20 Å².